The third-order valence-corrected chi connectivity index (χ3v) is 3.86. The van der Waals surface area contributed by atoms with Gasteiger partial charge in [-0.2, -0.15) is 0 Å². The second kappa shape index (κ2) is 4.45. The first-order valence-electron chi connectivity index (χ1n) is 7.03. The van der Waals surface area contributed by atoms with Crippen LogP contribution in [0.2, 0.25) is 0 Å². The van der Waals surface area contributed by atoms with Crippen molar-refractivity contribution in [1.82, 2.24) is 4.57 Å². The number of fused-ring (bicyclic) bond motifs is 4. The van der Waals surface area contributed by atoms with Crippen molar-refractivity contribution in [3.63, 3.8) is 0 Å². The molecule has 0 saturated carbocycles. The molecule has 4 nitrogen and oxygen atoms in total. The first-order chi connectivity index (χ1) is 10.3. The van der Waals surface area contributed by atoms with Crippen molar-refractivity contribution in [2.24, 2.45) is 4.99 Å². The lowest BCUT2D eigenvalue weighted by molar-refractivity contribution is 0.0526. The van der Waals surface area contributed by atoms with E-state index in [2.05, 4.69) is 11.1 Å². The molecule has 0 atom stereocenters. The van der Waals surface area contributed by atoms with E-state index in [4.69, 9.17) is 4.74 Å². The molecule has 21 heavy (non-hydrogen) atoms. The molecule has 4 heteroatoms. The van der Waals surface area contributed by atoms with Gasteiger partial charge in [0.15, 0.2) is 0 Å². The van der Waals surface area contributed by atoms with Gasteiger partial charge >= 0.3 is 5.97 Å². The van der Waals surface area contributed by atoms with Gasteiger partial charge in [-0.1, -0.05) is 18.2 Å². The number of aliphatic imine (C=N–C) groups is 1. The van der Waals surface area contributed by atoms with Crippen LogP contribution in [0.1, 0.15) is 28.5 Å². The van der Waals surface area contributed by atoms with Gasteiger partial charge in [-0.25, -0.2) is 4.79 Å². The number of rotatable bonds is 2. The number of carbonyl (C=O) groups excluding carboxylic acids is 1. The van der Waals surface area contributed by atoms with Crippen LogP contribution in [0, 0.1) is 0 Å². The van der Waals surface area contributed by atoms with Gasteiger partial charge in [0.05, 0.1) is 35.8 Å². The van der Waals surface area contributed by atoms with E-state index in [1.165, 1.54) is 0 Å². The molecule has 0 bridgehead atoms. The maximum atomic E-state index is 12.0. The number of ether oxygens (including phenoxy) is 1. The molecule has 2 aliphatic rings. The van der Waals surface area contributed by atoms with Crippen molar-refractivity contribution >= 4 is 29.0 Å². The molecular weight excluding hydrogens is 264 g/mol. The highest BCUT2D eigenvalue weighted by Gasteiger charge is 2.27. The number of aromatic nitrogens is 1. The smallest absolute Gasteiger partial charge is 0.340 e. The van der Waals surface area contributed by atoms with E-state index in [0.29, 0.717) is 18.7 Å². The molecule has 0 saturated heterocycles. The molecule has 1 aromatic heterocycles. The molecule has 0 radical (unpaired) electrons. The highest BCUT2D eigenvalue weighted by molar-refractivity contribution is 6.33. The first kappa shape index (κ1) is 12.1. The summed E-state index contributed by atoms with van der Waals surface area (Å²) in [4.78, 5) is 16.7. The zero-order valence-electron chi connectivity index (χ0n) is 11.7. The maximum absolute atomic E-state index is 12.0. The first-order valence-corrected chi connectivity index (χ1v) is 7.03. The van der Waals surface area contributed by atoms with Crippen molar-refractivity contribution in [3.05, 3.63) is 53.3 Å². The average molecular weight is 278 g/mol. The number of benzene rings is 1. The highest BCUT2D eigenvalue weighted by Crippen LogP contribution is 2.39. The van der Waals surface area contributed by atoms with Crippen LogP contribution in [0.25, 0.3) is 11.6 Å². The van der Waals surface area contributed by atoms with E-state index < -0.39 is 0 Å². The number of hydrogen-bond acceptors (Lipinski definition) is 3. The maximum Gasteiger partial charge on any atom is 0.340 e. The summed E-state index contributed by atoms with van der Waals surface area (Å²) in [5.74, 6) is -0.269. The minimum absolute atomic E-state index is 0.269. The summed E-state index contributed by atoms with van der Waals surface area (Å²) in [6.07, 6.45) is 3.96. The SMILES string of the molecule is CCOC(=O)c1ccn2c1C=C1C(=Nc3ccccc31)C2. The van der Waals surface area contributed by atoms with Crippen LogP contribution in [0.4, 0.5) is 5.69 Å². The summed E-state index contributed by atoms with van der Waals surface area (Å²) in [5, 5.41) is 0. The summed E-state index contributed by atoms with van der Waals surface area (Å²) >= 11 is 0. The van der Waals surface area contributed by atoms with E-state index in [1.807, 2.05) is 48.0 Å². The molecule has 1 aromatic carbocycles. The largest absolute Gasteiger partial charge is 0.462 e. The zero-order valence-corrected chi connectivity index (χ0v) is 11.7. The Morgan fingerprint density at radius 3 is 3.05 bits per heavy atom. The summed E-state index contributed by atoms with van der Waals surface area (Å²) < 4.78 is 7.16. The van der Waals surface area contributed by atoms with E-state index in [1.54, 1.807) is 0 Å². The van der Waals surface area contributed by atoms with Gasteiger partial charge in [-0.05, 0) is 25.1 Å². The Kier molecular flexibility index (Phi) is 2.57. The zero-order chi connectivity index (χ0) is 14.4. The topological polar surface area (TPSA) is 43.6 Å². The van der Waals surface area contributed by atoms with Crippen LogP contribution in [-0.2, 0) is 11.3 Å². The molecule has 0 aliphatic carbocycles. The Balaban J connectivity index is 1.83. The summed E-state index contributed by atoms with van der Waals surface area (Å²) in [6, 6.07) is 9.91. The minimum atomic E-state index is -0.269. The van der Waals surface area contributed by atoms with Gasteiger partial charge in [0, 0.05) is 17.3 Å². The van der Waals surface area contributed by atoms with Crippen LogP contribution >= 0.6 is 0 Å². The number of hydrogen-bond donors (Lipinski definition) is 0. The quantitative estimate of drug-likeness (QED) is 0.791. The fraction of sp³-hybridized carbons (Fsp3) is 0.176. The number of nitrogens with zero attached hydrogens (tertiary/aromatic N) is 2. The lowest BCUT2D eigenvalue weighted by atomic mass is 9.98. The molecule has 2 aromatic rings. The normalized spacial score (nSPS) is 14.7. The fourth-order valence-electron chi connectivity index (χ4n) is 2.90. The lowest BCUT2D eigenvalue weighted by Crippen LogP contribution is -2.16. The molecule has 0 spiro atoms. The monoisotopic (exact) mass is 278 g/mol. The molecule has 0 unspecified atom stereocenters. The molecule has 3 heterocycles. The minimum Gasteiger partial charge on any atom is -0.462 e. The molecular formula is C17H14N2O2. The van der Waals surface area contributed by atoms with Gasteiger partial charge in [0.1, 0.15) is 0 Å². The Labute approximate surface area is 122 Å². The van der Waals surface area contributed by atoms with Crippen molar-refractivity contribution in [2.75, 3.05) is 6.61 Å². The third kappa shape index (κ3) is 1.76. The van der Waals surface area contributed by atoms with Crippen molar-refractivity contribution in [2.45, 2.75) is 13.5 Å². The standard InChI is InChI=1S/C17H14N2O2/c1-2-21-17(20)12-7-8-19-10-15-13(9-16(12)19)11-5-3-4-6-14(11)18-15/h3-9H,2,10H2,1H3. The van der Waals surface area contributed by atoms with Gasteiger partial charge < -0.3 is 9.30 Å². The van der Waals surface area contributed by atoms with Crippen LogP contribution in [0.15, 0.2) is 41.5 Å². The van der Waals surface area contributed by atoms with Crippen LogP contribution in [-0.4, -0.2) is 22.9 Å². The number of esters is 1. The second-order valence-corrected chi connectivity index (χ2v) is 5.10. The van der Waals surface area contributed by atoms with Crippen molar-refractivity contribution < 1.29 is 9.53 Å². The van der Waals surface area contributed by atoms with E-state index in [-0.39, 0.29) is 5.97 Å². The van der Waals surface area contributed by atoms with Gasteiger partial charge in [0.25, 0.3) is 0 Å². The van der Waals surface area contributed by atoms with E-state index >= 15 is 0 Å². The number of allylic oxidation sites excluding steroid dienone is 1. The Morgan fingerprint density at radius 1 is 1.33 bits per heavy atom. The number of para-hydroxylation sites is 1. The fourth-order valence-corrected chi connectivity index (χ4v) is 2.90. The van der Waals surface area contributed by atoms with Crippen molar-refractivity contribution in [3.8, 4) is 0 Å². The van der Waals surface area contributed by atoms with Gasteiger partial charge in [-0.3, -0.25) is 4.99 Å². The number of carbonyl (C=O) groups is 1. The van der Waals surface area contributed by atoms with Gasteiger partial charge in [0.2, 0.25) is 0 Å². The molecule has 0 amide bonds. The molecule has 4 rings (SSSR count). The lowest BCUT2D eigenvalue weighted by Gasteiger charge is -2.16. The molecule has 2 aliphatic heterocycles. The Bertz CT molecular complexity index is 812. The molecule has 0 N–H and O–H groups in total. The van der Waals surface area contributed by atoms with Gasteiger partial charge in [-0.15, -0.1) is 0 Å². The van der Waals surface area contributed by atoms with Crippen LogP contribution in [0.5, 0.6) is 0 Å². The Morgan fingerprint density at radius 2 is 2.19 bits per heavy atom. The predicted molar refractivity (Wildman–Crippen MR) is 81.8 cm³/mol. The summed E-state index contributed by atoms with van der Waals surface area (Å²) in [7, 11) is 0. The third-order valence-electron chi connectivity index (χ3n) is 3.86. The van der Waals surface area contributed by atoms with E-state index in [9.17, 15) is 4.79 Å². The Hall–Kier alpha value is -2.62. The van der Waals surface area contributed by atoms with Crippen molar-refractivity contribution in [1.29, 1.82) is 0 Å². The molecule has 104 valence electrons. The summed E-state index contributed by atoms with van der Waals surface area (Å²) in [5.41, 5.74) is 5.82. The second-order valence-electron chi connectivity index (χ2n) is 5.10. The highest BCUT2D eigenvalue weighted by atomic mass is 16.5. The predicted octanol–water partition coefficient (Wildman–Crippen LogP) is 3.31. The average Bonchev–Trinajstić information content (AvgIpc) is 3.05. The van der Waals surface area contributed by atoms with E-state index in [0.717, 1.165) is 28.2 Å². The van der Waals surface area contributed by atoms with Crippen LogP contribution in [0.3, 0.4) is 0 Å². The van der Waals surface area contributed by atoms with Crippen LogP contribution < -0.4 is 0 Å². The summed E-state index contributed by atoms with van der Waals surface area (Å²) in [6.45, 7) is 2.89. The molecule has 0 fully saturated rings.